The summed E-state index contributed by atoms with van der Waals surface area (Å²) in [5.41, 5.74) is 2.61. The molecule has 3 aromatic carbocycles. The second kappa shape index (κ2) is 12.2. The predicted molar refractivity (Wildman–Crippen MR) is 141 cm³/mol. The Bertz CT molecular complexity index is 1150. The van der Waals surface area contributed by atoms with Crippen molar-refractivity contribution in [3.05, 3.63) is 106 Å². The third-order valence-corrected chi connectivity index (χ3v) is 7.12. The predicted octanol–water partition coefficient (Wildman–Crippen LogP) is 6.23. The van der Waals surface area contributed by atoms with Gasteiger partial charge in [-0.05, 0) is 47.7 Å². The van der Waals surface area contributed by atoms with Crippen LogP contribution < -0.4 is 5.32 Å². The minimum Gasteiger partial charge on any atom is -0.352 e. The molecule has 1 aliphatic rings. The van der Waals surface area contributed by atoms with Crippen molar-refractivity contribution < 1.29 is 9.59 Å². The number of halogens is 2. The number of rotatable bonds is 9. The van der Waals surface area contributed by atoms with Crippen molar-refractivity contribution in [3.8, 4) is 0 Å². The first-order chi connectivity index (χ1) is 17.0. The van der Waals surface area contributed by atoms with E-state index in [0.29, 0.717) is 16.5 Å². The molecule has 4 rings (SSSR count). The number of benzene rings is 3. The third kappa shape index (κ3) is 7.09. The lowest BCUT2D eigenvalue weighted by Crippen LogP contribution is -2.52. The lowest BCUT2D eigenvalue weighted by molar-refractivity contribution is -0.141. The molecule has 1 saturated carbocycles. The molecule has 0 aromatic heterocycles. The number of carbonyl (C=O) groups excluding carboxylic acids is 2. The molecule has 0 heterocycles. The second-order valence-corrected chi connectivity index (χ2v) is 9.96. The van der Waals surface area contributed by atoms with Gasteiger partial charge in [-0.1, -0.05) is 96.7 Å². The number of nitrogens with one attached hydrogen (secondary N) is 1. The normalized spacial score (nSPS) is 14.5. The average Bonchev–Trinajstić information content (AvgIpc) is 3.36. The summed E-state index contributed by atoms with van der Waals surface area (Å²) in [4.78, 5) is 29.1. The maximum Gasteiger partial charge on any atom is 0.243 e. The molecule has 35 heavy (non-hydrogen) atoms. The molecule has 182 valence electrons. The highest BCUT2D eigenvalue weighted by Gasteiger charge is 2.32. The molecule has 0 bridgehead atoms. The summed E-state index contributed by atoms with van der Waals surface area (Å²) in [6.45, 7) is 0.277. The molecule has 6 heteroatoms. The summed E-state index contributed by atoms with van der Waals surface area (Å²) in [5.74, 6) is -0.268. The van der Waals surface area contributed by atoms with Gasteiger partial charge in [-0.15, -0.1) is 0 Å². The van der Waals surface area contributed by atoms with E-state index in [4.69, 9.17) is 23.2 Å². The monoisotopic (exact) mass is 508 g/mol. The lowest BCUT2D eigenvalue weighted by atomic mass is 10.0. The van der Waals surface area contributed by atoms with E-state index in [2.05, 4.69) is 5.32 Å². The maximum atomic E-state index is 13.8. The van der Waals surface area contributed by atoms with Crippen LogP contribution in [0.4, 0.5) is 0 Å². The summed E-state index contributed by atoms with van der Waals surface area (Å²) >= 11 is 12.6. The fourth-order valence-corrected chi connectivity index (χ4v) is 5.08. The van der Waals surface area contributed by atoms with Gasteiger partial charge in [-0.2, -0.15) is 0 Å². The zero-order chi connectivity index (χ0) is 24.6. The van der Waals surface area contributed by atoms with Crippen LogP contribution in [0, 0.1) is 0 Å². The molecule has 3 aromatic rings. The molecule has 1 fully saturated rings. The Hall–Kier alpha value is -2.82. The fourth-order valence-electron chi connectivity index (χ4n) is 4.66. The zero-order valence-electron chi connectivity index (χ0n) is 19.6. The largest absolute Gasteiger partial charge is 0.352 e. The van der Waals surface area contributed by atoms with Gasteiger partial charge >= 0.3 is 0 Å². The Balaban J connectivity index is 1.67. The highest BCUT2D eigenvalue weighted by atomic mass is 35.5. The van der Waals surface area contributed by atoms with E-state index in [0.717, 1.165) is 42.4 Å². The van der Waals surface area contributed by atoms with E-state index in [1.807, 2.05) is 66.7 Å². The highest BCUT2D eigenvalue weighted by Crippen LogP contribution is 2.23. The number of hydrogen-bond acceptors (Lipinski definition) is 2. The van der Waals surface area contributed by atoms with Crippen LogP contribution in [0.25, 0.3) is 0 Å². The van der Waals surface area contributed by atoms with Gasteiger partial charge in [0.1, 0.15) is 6.04 Å². The Morgan fingerprint density at radius 1 is 0.886 bits per heavy atom. The SMILES string of the molecule is O=C(NC1CCCC1)[C@@H](Cc1ccccc1)N(Cc1cccc(Cl)c1)C(=O)Cc1ccccc1Cl. The van der Waals surface area contributed by atoms with Crippen LogP contribution in [0.1, 0.15) is 42.4 Å². The van der Waals surface area contributed by atoms with Gasteiger partial charge in [-0.25, -0.2) is 0 Å². The first-order valence-electron chi connectivity index (χ1n) is 12.1. The molecule has 1 atom stereocenters. The highest BCUT2D eigenvalue weighted by molar-refractivity contribution is 6.31. The maximum absolute atomic E-state index is 13.8. The second-order valence-electron chi connectivity index (χ2n) is 9.12. The van der Waals surface area contributed by atoms with E-state index in [9.17, 15) is 9.59 Å². The average molecular weight is 509 g/mol. The van der Waals surface area contributed by atoms with Crippen LogP contribution in [-0.4, -0.2) is 28.8 Å². The summed E-state index contributed by atoms with van der Waals surface area (Å²) in [6.07, 6.45) is 4.73. The topological polar surface area (TPSA) is 49.4 Å². The van der Waals surface area contributed by atoms with Gasteiger partial charge in [0.05, 0.1) is 6.42 Å². The minimum atomic E-state index is -0.660. The van der Waals surface area contributed by atoms with Crippen molar-refractivity contribution in [2.45, 2.75) is 57.2 Å². The smallest absolute Gasteiger partial charge is 0.243 e. The molecular formula is C29H30Cl2N2O2. The van der Waals surface area contributed by atoms with Crippen LogP contribution in [0.15, 0.2) is 78.9 Å². The Labute approximate surface area is 217 Å². The van der Waals surface area contributed by atoms with Crippen LogP contribution >= 0.6 is 23.2 Å². The first kappa shape index (κ1) is 25.3. The van der Waals surface area contributed by atoms with E-state index in [1.165, 1.54) is 0 Å². The summed E-state index contributed by atoms with van der Waals surface area (Å²) < 4.78 is 0. The summed E-state index contributed by atoms with van der Waals surface area (Å²) in [7, 11) is 0. The standard InChI is InChI=1S/C29H30Cl2N2O2/c30-24-13-8-11-22(17-24)20-33(28(34)19-23-12-4-7-16-26(23)31)27(18-21-9-2-1-3-10-21)29(35)32-25-14-5-6-15-25/h1-4,7-13,16-17,25,27H,5-6,14-15,18-20H2,(H,32,35)/t27-/m1/s1. The van der Waals surface area contributed by atoms with E-state index < -0.39 is 6.04 Å². The fraction of sp³-hybridized carbons (Fsp3) is 0.310. The van der Waals surface area contributed by atoms with Crippen molar-refractivity contribution in [1.29, 1.82) is 0 Å². The zero-order valence-corrected chi connectivity index (χ0v) is 21.1. The van der Waals surface area contributed by atoms with Gasteiger partial charge in [0.2, 0.25) is 11.8 Å². The quantitative estimate of drug-likeness (QED) is 0.372. The molecular weight excluding hydrogens is 479 g/mol. The van der Waals surface area contributed by atoms with E-state index in [-0.39, 0.29) is 30.8 Å². The summed E-state index contributed by atoms with van der Waals surface area (Å²) in [5, 5.41) is 4.36. The van der Waals surface area contributed by atoms with Crippen molar-refractivity contribution in [1.82, 2.24) is 10.2 Å². The van der Waals surface area contributed by atoms with Gasteiger partial charge in [-0.3, -0.25) is 9.59 Å². The Kier molecular flexibility index (Phi) is 8.84. The van der Waals surface area contributed by atoms with Crippen LogP contribution in [0.5, 0.6) is 0 Å². The van der Waals surface area contributed by atoms with Gasteiger partial charge in [0, 0.05) is 29.1 Å². The van der Waals surface area contributed by atoms with Gasteiger partial charge in [0.25, 0.3) is 0 Å². The van der Waals surface area contributed by atoms with Gasteiger partial charge in [0.15, 0.2) is 0 Å². The lowest BCUT2D eigenvalue weighted by Gasteiger charge is -2.32. The Morgan fingerprint density at radius 3 is 2.29 bits per heavy atom. The minimum absolute atomic E-state index is 0.113. The van der Waals surface area contributed by atoms with Crippen LogP contribution in [0.2, 0.25) is 10.0 Å². The number of nitrogens with zero attached hydrogens (tertiary/aromatic N) is 1. The van der Waals surface area contributed by atoms with Crippen LogP contribution in [-0.2, 0) is 29.0 Å². The van der Waals surface area contributed by atoms with Crippen molar-refractivity contribution in [2.24, 2.45) is 0 Å². The van der Waals surface area contributed by atoms with Crippen molar-refractivity contribution >= 4 is 35.0 Å². The molecule has 0 aliphatic heterocycles. The van der Waals surface area contributed by atoms with Crippen molar-refractivity contribution in [2.75, 3.05) is 0 Å². The van der Waals surface area contributed by atoms with E-state index in [1.54, 1.807) is 17.0 Å². The molecule has 0 radical (unpaired) electrons. The number of amides is 2. The molecule has 2 amide bonds. The first-order valence-corrected chi connectivity index (χ1v) is 12.9. The van der Waals surface area contributed by atoms with E-state index >= 15 is 0 Å². The van der Waals surface area contributed by atoms with Gasteiger partial charge < -0.3 is 10.2 Å². The number of carbonyl (C=O) groups is 2. The van der Waals surface area contributed by atoms with Crippen molar-refractivity contribution in [3.63, 3.8) is 0 Å². The molecule has 4 nitrogen and oxygen atoms in total. The molecule has 1 aliphatic carbocycles. The molecule has 0 unspecified atom stereocenters. The summed E-state index contributed by atoms with van der Waals surface area (Å²) in [6, 6.07) is 24.1. The molecule has 0 saturated heterocycles. The Morgan fingerprint density at radius 2 is 1.57 bits per heavy atom. The van der Waals surface area contributed by atoms with Crippen LogP contribution in [0.3, 0.4) is 0 Å². The molecule has 1 N–H and O–H groups in total. The molecule has 0 spiro atoms. The number of hydrogen-bond donors (Lipinski definition) is 1. The third-order valence-electron chi connectivity index (χ3n) is 6.51.